The molecule has 0 atom stereocenters. The summed E-state index contributed by atoms with van der Waals surface area (Å²) in [5.74, 6) is 1.47. The van der Waals surface area contributed by atoms with Gasteiger partial charge in [0.05, 0.1) is 0 Å². The van der Waals surface area contributed by atoms with Crippen LogP contribution in [0.25, 0.3) is 0 Å². The van der Waals surface area contributed by atoms with Crippen molar-refractivity contribution in [2.45, 2.75) is 12.8 Å². The summed E-state index contributed by atoms with van der Waals surface area (Å²) in [5.41, 5.74) is 6.03. The van der Waals surface area contributed by atoms with E-state index in [0.717, 1.165) is 0 Å². The van der Waals surface area contributed by atoms with Gasteiger partial charge in [-0.25, -0.2) is 0 Å². The first-order chi connectivity index (χ1) is 7.81. The molecule has 16 heavy (non-hydrogen) atoms. The quantitative estimate of drug-likeness (QED) is 0.780. The molecule has 0 unspecified atom stereocenters. The lowest BCUT2D eigenvalue weighted by Gasteiger charge is -2.18. The van der Waals surface area contributed by atoms with E-state index in [0.29, 0.717) is 49.7 Å². The predicted octanol–water partition coefficient (Wildman–Crippen LogP) is 1.38. The Labute approximate surface area is 94.3 Å². The van der Waals surface area contributed by atoms with Gasteiger partial charge in [-0.3, -0.25) is 4.79 Å². The zero-order valence-corrected chi connectivity index (χ0v) is 9.07. The molecule has 0 aliphatic carbocycles. The fourth-order valence-electron chi connectivity index (χ4n) is 1.62. The van der Waals surface area contributed by atoms with Gasteiger partial charge in [0.1, 0.15) is 13.2 Å². The lowest BCUT2D eigenvalue weighted by atomic mass is 10.1. The van der Waals surface area contributed by atoms with E-state index in [4.69, 9.17) is 15.2 Å². The molecule has 0 radical (unpaired) electrons. The molecule has 4 heteroatoms. The Morgan fingerprint density at radius 1 is 1.25 bits per heavy atom. The van der Waals surface area contributed by atoms with Crippen molar-refractivity contribution in [3.63, 3.8) is 0 Å². The number of nitrogens with two attached hydrogens (primary N) is 1. The van der Waals surface area contributed by atoms with Gasteiger partial charge in [0.15, 0.2) is 17.3 Å². The minimum absolute atomic E-state index is 0.0995. The molecule has 0 saturated heterocycles. The number of carbonyl (C=O) groups is 1. The van der Waals surface area contributed by atoms with Crippen molar-refractivity contribution >= 4 is 5.78 Å². The maximum Gasteiger partial charge on any atom is 0.163 e. The van der Waals surface area contributed by atoms with Crippen molar-refractivity contribution in [2.24, 2.45) is 5.73 Å². The maximum absolute atomic E-state index is 11.7. The monoisotopic (exact) mass is 221 g/mol. The molecule has 1 aliphatic heterocycles. The first-order valence-corrected chi connectivity index (χ1v) is 5.44. The lowest BCUT2D eigenvalue weighted by Crippen LogP contribution is -2.15. The number of Topliss-reactive ketones (excluding diaryl/α,β-unsaturated/α-hetero) is 1. The average molecular weight is 221 g/mol. The standard InChI is InChI=1S/C12H15NO3/c13-5-1-2-10(14)9-3-4-11-12(8-9)16-7-6-15-11/h3-4,8H,1-2,5-7,13H2. The van der Waals surface area contributed by atoms with Crippen LogP contribution in [-0.4, -0.2) is 25.5 Å². The van der Waals surface area contributed by atoms with Crippen LogP contribution in [-0.2, 0) is 0 Å². The molecule has 0 bridgehead atoms. The highest BCUT2D eigenvalue weighted by atomic mass is 16.6. The van der Waals surface area contributed by atoms with Gasteiger partial charge in [-0.05, 0) is 31.2 Å². The summed E-state index contributed by atoms with van der Waals surface area (Å²) in [4.78, 5) is 11.7. The fourth-order valence-corrected chi connectivity index (χ4v) is 1.62. The Morgan fingerprint density at radius 2 is 2.00 bits per heavy atom. The molecule has 1 aliphatic rings. The van der Waals surface area contributed by atoms with E-state index >= 15 is 0 Å². The second-order valence-electron chi connectivity index (χ2n) is 3.67. The fraction of sp³-hybridized carbons (Fsp3) is 0.417. The average Bonchev–Trinajstić information content (AvgIpc) is 2.35. The number of benzene rings is 1. The molecule has 1 aromatic rings. The van der Waals surface area contributed by atoms with Crippen LogP contribution in [0.5, 0.6) is 11.5 Å². The highest BCUT2D eigenvalue weighted by molar-refractivity contribution is 5.96. The van der Waals surface area contributed by atoms with Crippen molar-refractivity contribution in [1.82, 2.24) is 0 Å². The SMILES string of the molecule is NCCCC(=O)c1ccc2c(c1)OCCO2. The van der Waals surface area contributed by atoms with Gasteiger partial charge in [-0.1, -0.05) is 0 Å². The minimum Gasteiger partial charge on any atom is -0.486 e. The van der Waals surface area contributed by atoms with Crippen LogP contribution in [0.1, 0.15) is 23.2 Å². The molecular formula is C12H15NO3. The minimum atomic E-state index is 0.0995. The van der Waals surface area contributed by atoms with Gasteiger partial charge < -0.3 is 15.2 Å². The van der Waals surface area contributed by atoms with E-state index < -0.39 is 0 Å². The topological polar surface area (TPSA) is 61.6 Å². The molecule has 86 valence electrons. The van der Waals surface area contributed by atoms with Gasteiger partial charge in [0.2, 0.25) is 0 Å². The van der Waals surface area contributed by atoms with Crippen molar-refractivity contribution < 1.29 is 14.3 Å². The van der Waals surface area contributed by atoms with Crippen molar-refractivity contribution in [2.75, 3.05) is 19.8 Å². The van der Waals surface area contributed by atoms with E-state index in [9.17, 15) is 4.79 Å². The van der Waals surface area contributed by atoms with Crippen molar-refractivity contribution in [3.05, 3.63) is 23.8 Å². The van der Waals surface area contributed by atoms with Crippen LogP contribution in [0, 0.1) is 0 Å². The number of hydrogen-bond donors (Lipinski definition) is 1. The molecule has 0 spiro atoms. The first-order valence-electron chi connectivity index (χ1n) is 5.44. The number of fused-ring (bicyclic) bond motifs is 1. The Hall–Kier alpha value is -1.55. The van der Waals surface area contributed by atoms with Crippen molar-refractivity contribution in [3.8, 4) is 11.5 Å². The largest absolute Gasteiger partial charge is 0.486 e. The number of carbonyl (C=O) groups excluding carboxylic acids is 1. The molecule has 2 N–H and O–H groups in total. The molecule has 0 amide bonds. The summed E-state index contributed by atoms with van der Waals surface area (Å²) in [6, 6.07) is 5.30. The van der Waals surface area contributed by atoms with Crippen molar-refractivity contribution in [1.29, 1.82) is 0 Å². The zero-order chi connectivity index (χ0) is 11.4. The first kappa shape index (κ1) is 11.0. The third-order valence-corrected chi connectivity index (χ3v) is 2.47. The van der Waals surface area contributed by atoms with Crippen LogP contribution in [0.3, 0.4) is 0 Å². The van der Waals surface area contributed by atoms with E-state index in [1.165, 1.54) is 0 Å². The summed E-state index contributed by atoms with van der Waals surface area (Å²) >= 11 is 0. The second kappa shape index (κ2) is 4.99. The van der Waals surface area contributed by atoms with E-state index in [-0.39, 0.29) is 5.78 Å². The van der Waals surface area contributed by atoms with Gasteiger partial charge in [-0.15, -0.1) is 0 Å². The van der Waals surface area contributed by atoms with Crippen LogP contribution in [0.2, 0.25) is 0 Å². The van der Waals surface area contributed by atoms with Gasteiger partial charge in [0.25, 0.3) is 0 Å². The van der Waals surface area contributed by atoms with Crippen LogP contribution >= 0.6 is 0 Å². The third-order valence-electron chi connectivity index (χ3n) is 2.47. The number of hydrogen-bond acceptors (Lipinski definition) is 4. The molecular weight excluding hydrogens is 206 g/mol. The van der Waals surface area contributed by atoms with Gasteiger partial charge >= 0.3 is 0 Å². The Morgan fingerprint density at radius 3 is 2.75 bits per heavy atom. The second-order valence-corrected chi connectivity index (χ2v) is 3.67. The highest BCUT2D eigenvalue weighted by Crippen LogP contribution is 2.31. The zero-order valence-electron chi connectivity index (χ0n) is 9.07. The predicted molar refractivity (Wildman–Crippen MR) is 60.1 cm³/mol. The molecule has 4 nitrogen and oxygen atoms in total. The Balaban J connectivity index is 2.13. The molecule has 0 fully saturated rings. The van der Waals surface area contributed by atoms with Crippen LogP contribution in [0.4, 0.5) is 0 Å². The van der Waals surface area contributed by atoms with E-state index in [1.54, 1.807) is 18.2 Å². The van der Waals surface area contributed by atoms with E-state index in [1.807, 2.05) is 0 Å². The lowest BCUT2D eigenvalue weighted by molar-refractivity contribution is 0.0979. The van der Waals surface area contributed by atoms with Crippen LogP contribution in [0.15, 0.2) is 18.2 Å². The maximum atomic E-state index is 11.7. The third kappa shape index (κ3) is 2.33. The summed E-state index contributed by atoms with van der Waals surface area (Å²) in [6.07, 6.45) is 1.20. The smallest absolute Gasteiger partial charge is 0.163 e. The van der Waals surface area contributed by atoms with E-state index in [2.05, 4.69) is 0 Å². The highest BCUT2D eigenvalue weighted by Gasteiger charge is 2.14. The number of ketones is 1. The molecule has 1 heterocycles. The summed E-state index contributed by atoms with van der Waals surface area (Å²) < 4.78 is 10.8. The molecule has 2 rings (SSSR count). The summed E-state index contributed by atoms with van der Waals surface area (Å²) in [6.45, 7) is 1.64. The molecule has 0 aromatic heterocycles. The van der Waals surface area contributed by atoms with Crippen LogP contribution < -0.4 is 15.2 Å². The number of rotatable bonds is 4. The molecule has 1 aromatic carbocycles. The summed E-state index contributed by atoms with van der Waals surface area (Å²) in [5, 5.41) is 0. The van der Waals surface area contributed by atoms with Gasteiger partial charge in [-0.2, -0.15) is 0 Å². The Kier molecular flexibility index (Phi) is 3.41. The normalized spacial score (nSPS) is 13.6. The number of ether oxygens (including phenoxy) is 2. The Bertz CT molecular complexity index is 390. The molecule has 0 saturated carbocycles. The van der Waals surface area contributed by atoms with Gasteiger partial charge in [0, 0.05) is 12.0 Å². The summed E-state index contributed by atoms with van der Waals surface area (Å²) in [7, 11) is 0.